The minimum Gasteiger partial charge on any atom is -0.383 e. The molecule has 1 N–H and O–H groups in total. The van der Waals surface area contributed by atoms with Gasteiger partial charge in [0.1, 0.15) is 0 Å². The summed E-state index contributed by atoms with van der Waals surface area (Å²) < 4.78 is 7.25. The summed E-state index contributed by atoms with van der Waals surface area (Å²) in [6.07, 6.45) is 8.20. The first-order valence-electron chi connectivity index (χ1n) is 8.26. The Bertz CT molecular complexity index is 465. The van der Waals surface area contributed by atoms with E-state index in [1.54, 1.807) is 7.11 Å². The van der Waals surface area contributed by atoms with E-state index in [4.69, 9.17) is 4.74 Å². The third-order valence-corrected chi connectivity index (χ3v) is 5.76. The number of rotatable bonds is 6. The van der Waals surface area contributed by atoms with E-state index in [-0.39, 0.29) is 5.54 Å². The highest BCUT2D eigenvalue weighted by molar-refractivity contribution is 5.06. The second-order valence-electron chi connectivity index (χ2n) is 7.32. The molecule has 4 fully saturated rings. The van der Waals surface area contributed by atoms with Crippen LogP contribution in [0, 0.1) is 17.8 Å². The predicted octanol–water partition coefficient (Wildman–Crippen LogP) is 1.33. The molecular weight excluding hydrogens is 266 g/mol. The number of nitrogens with zero attached hydrogens (tertiary/aromatic N) is 4. The fourth-order valence-electron chi connectivity index (χ4n) is 5.38. The van der Waals surface area contributed by atoms with Crippen LogP contribution in [0.1, 0.15) is 44.3 Å². The molecule has 1 heterocycles. The van der Waals surface area contributed by atoms with Crippen LogP contribution in [0.5, 0.6) is 0 Å². The minimum atomic E-state index is 0.219. The van der Waals surface area contributed by atoms with Crippen LogP contribution < -0.4 is 5.32 Å². The van der Waals surface area contributed by atoms with E-state index in [0.29, 0.717) is 0 Å². The van der Waals surface area contributed by atoms with Crippen LogP contribution in [-0.4, -0.2) is 40.5 Å². The lowest BCUT2D eigenvalue weighted by atomic mass is 9.53. The number of tetrazole rings is 1. The van der Waals surface area contributed by atoms with E-state index in [9.17, 15) is 0 Å². The first-order chi connectivity index (χ1) is 10.3. The zero-order valence-corrected chi connectivity index (χ0v) is 12.8. The Morgan fingerprint density at radius 2 is 1.86 bits per heavy atom. The Balaban J connectivity index is 1.52. The molecule has 0 aliphatic heterocycles. The first-order valence-corrected chi connectivity index (χ1v) is 8.26. The van der Waals surface area contributed by atoms with Crippen LogP contribution in [0.4, 0.5) is 0 Å². The third kappa shape index (κ3) is 2.38. The van der Waals surface area contributed by atoms with Crippen molar-refractivity contribution in [2.45, 2.75) is 50.6 Å². The monoisotopic (exact) mass is 291 g/mol. The maximum Gasteiger partial charge on any atom is 0.165 e. The lowest BCUT2D eigenvalue weighted by molar-refractivity contribution is -0.0518. The van der Waals surface area contributed by atoms with Gasteiger partial charge >= 0.3 is 0 Å². The Kier molecular flexibility index (Phi) is 3.46. The van der Waals surface area contributed by atoms with Gasteiger partial charge in [-0.1, -0.05) is 0 Å². The summed E-state index contributed by atoms with van der Waals surface area (Å²) in [7, 11) is 1.72. The summed E-state index contributed by atoms with van der Waals surface area (Å²) in [6.45, 7) is 2.29. The van der Waals surface area contributed by atoms with E-state index < -0.39 is 0 Å². The van der Waals surface area contributed by atoms with E-state index in [0.717, 1.165) is 43.3 Å². The van der Waals surface area contributed by atoms with Crippen LogP contribution in [0.2, 0.25) is 0 Å². The number of nitrogens with one attached hydrogen (secondary N) is 1. The van der Waals surface area contributed by atoms with E-state index in [1.165, 1.54) is 38.5 Å². The van der Waals surface area contributed by atoms with Gasteiger partial charge in [0.15, 0.2) is 5.82 Å². The standard InChI is InChI=1S/C15H25N5O/c1-21-3-2-16-10-14-17-18-19-20(14)15-7-11-4-12(8-15)6-13(5-11)9-15/h11-13,16H,2-10H2,1H3. The van der Waals surface area contributed by atoms with E-state index in [2.05, 4.69) is 25.5 Å². The average Bonchev–Trinajstić information content (AvgIpc) is 2.91. The lowest BCUT2D eigenvalue weighted by Crippen LogP contribution is -2.53. The Hall–Kier alpha value is -1.01. The van der Waals surface area contributed by atoms with E-state index >= 15 is 0 Å². The predicted molar refractivity (Wildman–Crippen MR) is 77.5 cm³/mol. The fourth-order valence-corrected chi connectivity index (χ4v) is 5.38. The zero-order chi connectivity index (χ0) is 14.3. The molecule has 5 rings (SSSR count). The topological polar surface area (TPSA) is 64.9 Å². The molecule has 0 unspecified atom stereocenters. The molecule has 0 radical (unpaired) electrons. The summed E-state index contributed by atoms with van der Waals surface area (Å²) in [5.41, 5.74) is 0.219. The van der Waals surface area contributed by atoms with Crippen molar-refractivity contribution < 1.29 is 4.74 Å². The molecule has 0 saturated heterocycles. The molecule has 0 atom stereocenters. The SMILES string of the molecule is COCCNCc1nnnn1C12CC3CC(CC(C3)C1)C2. The van der Waals surface area contributed by atoms with Crippen molar-refractivity contribution >= 4 is 0 Å². The second kappa shape index (κ2) is 5.32. The molecule has 4 aliphatic rings. The Labute approximate surface area is 125 Å². The van der Waals surface area contributed by atoms with Gasteiger partial charge in [-0.05, 0) is 66.7 Å². The van der Waals surface area contributed by atoms with Crippen molar-refractivity contribution in [3.63, 3.8) is 0 Å². The largest absolute Gasteiger partial charge is 0.383 e. The van der Waals surface area contributed by atoms with Gasteiger partial charge in [0.2, 0.25) is 0 Å². The molecule has 1 aromatic rings. The number of hydrogen-bond acceptors (Lipinski definition) is 5. The molecular formula is C15H25N5O. The summed E-state index contributed by atoms with van der Waals surface area (Å²) in [6, 6.07) is 0. The molecule has 0 spiro atoms. The molecule has 116 valence electrons. The highest BCUT2D eigenvalue weighted by atomic mass is 16.5. The van der Waals surface area contributed by atoms with Gasteiger partial charge in [0, 0.05) is 13.7 Å². The minimum absolute atomic E-state index is 0.219. The maximum atomic E-state index is 5.07. The maximum absolute atomic E-state index is 5.07. The lowest BCUT2D eigenvalue weighted by Gasteiger charge is -2.56. The van der Waals surface area contributed by atoms with Crippen LogP contribution >= 0.6 is 0 Å². The quantitative estimate of drug-likeness (QED) is 0.801. The summed E-state index contributed by atoms with van der Waals surface area (Å²) >= 11 is 0. The van der Waals surface area contributed by atoms with Gasteiger partial charge in [-0.15, -0.1) is 5.10 Å². The van der Waals surface area contributed by atoms with E-state index in [1.807, 2.05) is 0 Å². The molecule has 0 aromatic carbocycles. The van der Waals surface area contributed by atoms with Gasteiger partial charge in [-0.2, -0.15) is 0 Å². The van der Waals surface area contributed by atoms with Crippen LogP contribution in [0.3, 0.4) is 0 Å². The van der Waals surface area contributed by atoms with Crippen LogP contribution in [0.15, 0.2) is 0 Å². The normalized spacial score (nSPS) is 37.3. The second-order valence-corrected chi connectivity index (χ2v) is 7.32. The van der Waals surface area contributed by atoms with Gasteiger partial charge in [0.25, 0.3) is 0 Å². The number of aromatic nitrogens is 4. The highest BCUT2D eigenvalue weighted by Gasteiger charge is 2.53. The zero-order valence-electron chi connectivity index (χ0n) is 12.8. The molecule has 4 bridgehead atoms. The summed E-state index contributed by atoms with van der Waals surface area (Å²) in [4.78, 5) is 0. The smallest absolute Gasteiger partial charge is 0.165 e. The molecule has 1 aromatic heterocycles. The summed E-state index contributed by atoms with van der Waals surface area (Å²) in [5.74, 6) is 3.73. The average molecular weight is 291 g/mol. The molecule has 6 heteroatoms. The van der Waals surface area contributed by atoms with Crippen molar-refractivity contribution in [3.05, 3.63) is 5.82 Å². The summed E-state index contributed by atoms with van der Waals surface area (Å²) in [5, 5.41) is 16.0. The van der Waals surface area contributed by atoms with Crippen molar-refractivity contribution in [1.29, 1.82) is 0 Å². The van der Waals surface area contributed by atoms with Gasteiger partial charge in [0.05, 0.1) is 18.7 Å². The molecule has 4 saturated carbocycles. The van der Waals surface area contributed by atoms with Crippen LogP contribution in [-0.2, 0) is 16.8 Å². The molecule has 21 heavy (non-hydrogen) atoms. The molecule has 0 amide bonds. The third-order valence-electron chi connectivity index (χ3n) is 5.76. The van der Waals surface area contributed by atoms with Gasteiger partial charge in [-0.3, -0.25) is 0 Å². The number of methoxy groups -OCH3 is 1. The first kappa shape index (κ1) is 13.6. The molecule has 4 aliphatic carbocycles. The van der Waals surface area contributed by atoms with Gasteiger partial charge in [-0.25, -0.2) is 4.68 Å². The number of hydrogen-bond donors (Lipinski definition) is 1. The van der Waals surface area contributed by atoms with Crippen molar-refractivity contribution in [1.82, 2.24) is 25.5 Å². The Morgan fingerprint density at radius 3 is 2.48 bits per heavy atom. The fraction of sp³-hybridized carbons (Fsp3) is 0.933. The molecule has 6 nitrogen and oxygen atoms in total. The number of ether oxygens (including phenoxy) is 1. The Morgan fingerprint density at radius 1 is 1.19 bits per heavy atom. The van der Waals surface area contributed by atoms with Crippen molar-refractivity contribution in [2.24, 2.45) is 17.8 Å². The highest BCUT2D eigenvalue weighted by Crippen LogP contribution is 2.58. The van der Waals surface area contributed by atoms with Crippen LogP contribution in [0.25, 0.3) is 0 Å². The van der Waals surface area contributed by atoms with Crippen molar-refractivity contribution in [3.8, 4) is 0 Å². The van der Waals surface area contributed by atoms with Crippen molar-refractivity contribution in [2.75, 3.05) is 20.3 Å². The van der Waals surface area contributed by atoms with Gasteiger partial charge < -0.3 is 10.1 Å².